The van der Waals surface area contributed by atoms with Crippen molar-refractivity contribution >= 4 is 26.0 Å². The van der Waals surface area contributed by atoms with Gasteiger partial charge in [0.1, 0.15) is 0 Å². The number of aryl methyl sites for hydroxylation is 1. The number of halogens is 1. The van der Waals surface area contributed by atoms with E-state index in [1.54, 1.807) is 22.5 Å². The van der Waals surface area contributed by atoms with Crippen LogP contribution in [0.2, 0.25) is 0 Å². The highest BCUT2D eigenvalue weighted by atomic mass is 79.9. The Balaban J connectivity index is 2.01. The van der Waals surface area contributed by atoms with Crippen LogP contribution in [-0.2, 0) is 16.6 Å². The Kier molecular flexibility index (Phi) is 3.71. The Morgan fingerprint density at radius 3 is 2.67 bits per heavy atom. The maximum Gasteiger partial charge on any atom is 0.243 e. The first-order valence-electron chi connectivity index (χ1n) is 6.84. The summed E-state index contributed by atoms with van der Waals surface area (Å²) in [5, 5.41) is 0. The van der Waals surface area contributed by atoms with Gasteiger partial charge in [-0.2, -0.15) is 4.31 Å². The van der Waals surface area contributed by atoms with Crippen LogP contribution in [0.1, 0.15) is 24.4 Å². The summed E-state index contributed by atoms with van der Waals surface area (Å²) in [5.74, 6) is 0. The van der Waals surface area contributed by atoms with Crippen molar-refractivity contribution in [1.29, 1.82) is 0 Å². The Morgan fingerprint density at radius 2 is 1.95 bits per heavy atom. The van der Waals surface area contributed by atoms with Gasteiger partial charge in [0.2, 0.25) is 10.0 Å². The number of rotatable bonds is 2. The number of hydrogen-bond acceptors (Lipinski definition) is 2. The molecule has 0 radical (unpaired) electrons. The highest BCUT2D eigenvalue weighted by molar-refractivity contribution is 9.10. The first-order valence-corrected chi connectivity index (χ1v) is 9.08. The van der Waals surface area contributed by atoms with Crippen LogP contribution in [-0.4, -0.2) is 23.8 Å². The first-order chi connectivity index (χ1) is 9.91. The fourth-order valence-electron chi connectivity index (χ4n) is 2.89. The fraction of sp³-hybridized carbons (Fsp3) is 0.333. The molecule has 112 valence electrons. The molecule has 0 saturated heterocycles. The molecular weight excluding hydrogens is 352 g/mol. The molecule has 6 heteroatoms. The predicted molar refractivity (Wildman–Crippen MR) is 85.6 cm³/mol. The third kappa shape index (κ3) is 2.45. The molecule has 1 aromatic heterocycles. The van der Waals surface area contributed by atoms with E-state index in [0.717, 1.165) is 10.2 Å². The van der Waals surface area contributed by atoms with Crippen molar-refractivity contribution in [2.45, 2.75) is 31.3 Å². The SMILES string of the molecule is Cc1ccc2n1CCN(S(=O)(=O)c1cccc(Br)c1)[C@@H]2C. The standard InChI is InChI=1S/C15H17BrN2O2S/c1-11-6-7-15-12(2)18(9-8-17(11)15)21(19,20)14-5-3-4-13(16)10-14/h3-7,10,12H,8-9H2,1-2H3/t12-/m1/s1. The lowest BCUT2D eigenvalue weighted by molar-refractivity contribution is 0.280. The average molecular weight is 369 g/mol. The Bertz CT molecular complexity index is 783. The summed E-state index contributed by atoms with van der Waals surface area (Å²) in [4.78, 5) is 0.334. The van der Waals surface area contributed by atoms with E-state index in [-0.39, 0.29) is 6.04 Å². The second kappa shape index (κ2) is 5.26. The van der Waals surface area contributed by atoms with Crippen LogP contribution in [0.15, 0.2) is 45.8 Å². The molecule has 3 rings (SSSR count). The number of nitrogens with zero attached hydrogens (tertiary/aromatic N) is 2. The second-order valence-electron chi connectivity index (χ2n) is 5.30. The molecule has 0 amide bonds. The molecule has 0 saturated carbocycles. The molecule has 0 bridgehead atoms. The minimum atomic E-state index is -3.48. The molecule has 0 spiro atoms. The fourth-order valence-corrected chi connectivity index (χ4v) is 5.09. The summed E-state index contributed by atoms with van der Waals surface area (Å²) >= 11 is 3.34. The topological polar surface area (TPSA) is 42.3 Å². The van der Waals surface area contributed by atoms with E-state index >= 15 is 0 Å². The van der Waals surface area contributed by atoms with Gasteiger partial charge in [0, 0.05) is 29.0 Å². The molecule has 2 heterocycles. The van der Waals surface area contributed by atoms with Crippen LogP contribution in [0, 0.1) is 6.92 Å². The third-order valence-electron chi connectivity index (χ3n) is 4.04. The Labute approximate surface area is 133 Å². The van der Waals surface area contributed by atoms with Crippen molar-refractivity contribution in [3.8, 4) is 0 Å². The zero-order valence-corrected chi connectivity index (χ0v) is 14.4. The van der Waals surface area contributed by atoms with Crippen molar-refractivity contribution < 1.29 is 8.42 Å². The molecule has 1 atom stereocenters. The highest BCUT2D eigenvalue weighted by Gasteiger charge is 2.34. The van der Waals surface area contributed by atoms with E-state index in [1.807, 2.05) is 25.1 Å². The van der Waals surface area contributed by atoms with Gasteiger partial charge in [-0.05, 0) is 44.2 Å². The molecule has 21 heavy (non-hydrogen) atoms. The zero-order valence-electron chi connectivity index (χ0n) is 12.0. The number of benzene rings is 1. The normalized spacial score (nSPS) is 19.5. The monoisotopic (exact) mass is 368 g/mol. The summed E-state index contributed by atoms with van der Waals surface area (Å²) in [6.45, 7) is 5.19. The van der Waals surface area contributed by atoms with Crippen LogP contribution in [0.5, 0.6) is 0 Å². The molecule has 0 unspecified atom stereocenters. The van der Waals surface area contributed by atoms with Crippen molar-refractivity contribution in [2.24, 2.45) is 0 Å². The quantitative estimate of drug-likeness (QED) is 0.815. The summed E-state index contributed by atoms with van der Waals surface area (Å²) in [5.41, 5.74) is 2.23. The van der Waals surface area contributed by atoms with Crippen molar-refractivity contribution in [3.05, 3.63) is 52.3 Å². The van der Waals surface area contributed by atoms with Crippen LogP contribution >= 0.6 is 15.9 Å². The number of sulfonamides is 1. The maximum atomic E-state index is 12.9. The van der Waals surface area contributed by atoms with Gasteiger partial charge in [-0.25, -0.2) is 8.42 Å². The van der Waals surface area contributed by atoms with Gasteiger partial charge < -0.3 is 4.57 Å². The van der Waals surface area contributed by atoms with Crippen molar-refractivity contribution in [3.63, 3.8) is 0 Å². The van der Waals surface area contributed by atoms with Gasteiger partial charge in [0.05, 0.1) is 10.9 Å². The molecule has 2 aromatic rings. The van der Waals surface area contributed by atoms with Crippen LogP contribution < -0.4 is 0 Å². The molecule has 0 N–H and O–H groups in total. The lowest BCUT2D eigenvalue weighted by atomic mass is 10.2. The van der Waals surface area contributed by atoms with Gasteiger partial charge in [-0.1, -0.05) is 22.0 Å². The lowest BCUT2D eigenvalue weighted by Gasteiger charge is -2.34. The second-order valence-corrected chi connectivity index (χ2v) is 8.11. The Hall–Kier alpha value is -1.11. The minimum absolute atomic E-state index is 0.156. The number of fused-ring (bicyclic) bond motifs is 1. The summed E-state index contributed by atoms with van der Waals surface area (Å²) in [6, 6.07) is 10.8. The van der Waals surface area contributed by atoms with E-state index in [0.29, 0.717) is 18.0 Å². The highest BCUT2D eigenvalue weighted by Crippen LogP contribution is 2.32. The van der Waals surface area contributed by atoms with E-state index in [2.05, 4.69) is 27.4 Å². The molecule has 1 aromatic carbocycles. The average Bonchev–Trinajstić information content (AvgIpc) is 2.82. The molecule has 1 aliphatic heterocycles. The predicted octanol–water partition coefficient (Wildman–Crippen LogP) is 3.32. The van der Waals surface area contributed by atoms with Gasteiger partial charge in [-0.15, -0.1) is 0 Å². The molecular formula is C15H17BrN2O2S. The van der Waals surface area contributed by atoms with Gasteiger partial charge >= 0.3 is 0 Å². The molecule has 1 aliphatic rings. The van der Waals surface area contributed by atoms with E-state index < -0.39 is 10.0 Å². The lowest BCUT2D eigenvalue weighted by Crippen LogP contribution is -2.40. The molecule has 4 nitrogen and oxygen atoms in total. The van der Waals surface area contributed by atoms with E-state index in [4.69, 9.17) is 0 Å². The van der Waals surface area contributed by atoms with Gasteiger partial charge in [0.15, 0.2) is 0 Å². The van der Waals surface area contributed by atoms with Gasteiger partial charge in [-0.3, -0.25) is 0 Å². The smallest absolute Gasteiger partial charge is 0.243 e. The third-order valence-corrected chi connectivity index (χ3v) is 6.50. The van der Waals surface area contributed by atoms with Crippen LogP contribution in [0.4, 0.5) is 0 Å². The van der Waals surface area contributed by atoms with E-state index in [9.17, 15) is 8.42 Å². The number of aromatic nitrogens is 1. The minimum Gasteiger partial charge on any atom is -0.346 e. The Morgan fingerprint density at radius 1 is 1.19 bits per heavy atom. The summed E-state index contributed by atoms with van der Waals surface area (Å²) in [6.07, 6.45) is 0. The van der Waals surface area contributed by atoms with Crippen LogP contribution in [0.3, 0.4) is 0 Å². The summed E-state index contributed by atoms with van der Waals surface area (Å²) in [7, 11) is -3.48. The van der Waals surface area contributed by atoms with Crippen molar-refractivity contribution in [2.75, 3.05) is 6.54 Å². The largest absolute Gasteiger partial charge is 0.346 e. The number of hydrogen-bond donors (Lipinski definition) is 0. The molecule has 0 fully saturated rings. The molecule has 0 aliphatic carbocycles. The summed E-state index contributed by atoms with van der Waals surface area (Å²) < 4.78 is 30.3. The van der Waals surface area contributed by atoms with Crippen molar-refractivity contribution in [1.82, 2.24) is 8.87 Å². The zero-order chi connectivity index (χ0) is 15.2. The first kappa shape index (κ1) is 14.8. The maximum absolute atomic E-state index is 12.9. The van der Waals surface area contributed by atoms with E-state index in [1.165, 1.54) is 5.69 Å². The van der Waals surface area contributed by atoms with Crippen LogP contribution in [0.25, 0.3) is 0 Å². The van der Waals surface area contributed by atoms with Gasteiger partial charge in [0.25, 0.3) is 0 Å².